The Kier molecular flexibility index (Phi) is 7.81. The number of fused-ring (bicyclic) bond motifs is 1. The van der Waals surface area contributed by atoms with Crippen molar-refractivity contribution in [3.05, 3.63) is 42.5 Å². The SMILES string of the molecule is CC(=O)OCC1OC(n2cnc3c(Nc4ccc(CC(=O)O)cc4)ncnc32)C(OC(C)=O)C1OC(C)=O. The van der Waals surface area contributed by atoms with Crippen molar-refractivity contribution in [1.82, 2.24) is 19.5 Å². The molecule has 14 heteroatoms. The molecule has 0 aliphatic carbocycles. The quantitative estimate of drug-likeness (QED) is 0.302. The Balaban J connectivity index is 1.65. The van der Waals surface area contributed by atoms with Crippen LogP contribution in [0.15, 0.2) is 36.9 Å². The van der Waals surface area contributed by atoms with E-state index in [0.717, 1.165) is 0 Å². The number of ether oxygens (including phenoxy) is 4. The third-order valence-electron chi connectivity index (χ3n) is 5.55. The van der Waals surface area contributed by atoms with Gasteiger partial charge in [0.05, 0.1) is 12.7 Å². The van der Waals surface area contributed by atoms with Gasteiger partial charge in [0.25, 0.3) is 0 Å². The minimum atomic E-state index is -1.09. The van der Waals surface area contributed by atoms with Gasteiger partial charge < -0.3 is 29.4 Å². The lowest BCUT2D eigenvalue weighted by atomic mass is 10.1. The minimum Gasteiger partial charge on any atom is -0.481 e. The number of nitrogens with zero attached hydrogens (tertiary/aromatic N) is 4. The lowest BCUT2D eigenvalue weighted by Gasteiger charge is -2.23. The van der Waals surface area contributed by atoms with Gasteiger partial charge in [-0.15, -0.1) is 0 Å². The zero-order chi connectivity index (χ0) is 27.4. The number of carbonyl (C=O) groups is 4. The summed E-state index contributed by atoms with van der Waals surface area (Å²) in [6.07, 6.45) is -1.49. The second-order valence-electron chi connectivity index (χ2n) is 8.45. The highest BCUT2D eigenvalue weighted by Gasteiger charge is 2.51. The fraction of sp³-hybridized carbons (Fsp3) is 0.375. The first-order valence-electron chi connectivity index (χ1n) is 11.5. The first kappa shape index (κ1) is 26.5. The summed E-state index contributed by atoms with van der Waals surface area (Å²) in [5, 5.41) is 12.1. The summed E-state index contributed by atoms with van der Waals surface area (Å²) in [7, 11) is 0. The van der Waals surface area contributed by atoms with E-state index in [1.807, 2.05) is 0 Å². The summed E-state index contributed by atoms with van der Waals surface area (Å²) in [6, 6.07) is 6.79. The molecule has 4 rings (SSSR count). The van der Waals surface area contributed by atoms with E-state index in [4.69, 9.17) is 24.1 Å². The molecule has 38 heavy (non-hydrogen) atoms. The van der Waals surface area contributed by atoms with Gasteiger partial charge >= 0.3 is 23.9 Å². The first-order valence-corrected chi connectivity index (χ1v) is 11.5. The maximum absolute atomic E-state index is 11.9. The number of aromatic nitrogens is 4. The molecule has 1 aliphatic rings. The average Bonchev–Trinajstić information content (AvgIpc) is 3.40. The zero-order valence-electron chi connectivity index (χ0n) is 20.7. The third-order valence-corrected chi connectivity index (χ3v) is 5.55. The number of carbonyl (C=O) groups excluding carboxylic acids is 3. The van der Waals surface area contributed by atoms with Crippen molar-refractivity contribution in [2.24, 2.45) is 0 Å². The summed E-state index contributed by atoms with van der Waals surface area (Å²) >= 11 is 0. The van der Waals surface area contributed by atoms with Crippen LogP contribution in [0.3, 0.4) is 0 Å². The van der Waals surface area contributed by atoms with Gasteiger partial charge in [-0.05, 0) is 17.7 Å². The normalized spacial score (nSPS) is 20.6. The fourth-order valence-electron chi connectivity index (χ4n) is 4.06. The van der Waals surface area contributed by atoms with Gasteiger partial charge in [-0.25, -0.2) is 15.0 Å². The molecular weight excluding hydrogens is 502 g/mol. The van der Waals surface area contributed by atoms with E-state index < -0.39 is 48.4 Å². The molecule has 4 unspecified atom stereocenters. The molecule has 2 aromatic heterocycles. The first-order chi connectivity index (χ1) is 18.1. The van der Waals surface area contributed by atoms with Gasteiger partial charge in [-0.2, -0.15) is 0 Å². The predicted molar refractivity (Wildman–Crippen MR) is 128 cm³/mol. The van der Waals surface area contributed by atoms with E-state index >= 15 is 0 Å². The molecule has 1 saturated heterocycles. The fourth-order valence-corrected chi connectivity index (χ4v) is 4.06. The maximum atomic E-state index is 11.9. The number of hydrogen-bond acceptors (Lipinski definition) is 12. The number of rotatable bonds is 9. The minimum absolute atomic E-state index is 0.0971. The molecular formula is C24H25N5O9. The van der Waals surface area contributed by atoms with Crippen molar-refractivity contribution in [3.63, 3.8) is 0 Å². The van der Waals surface area contributed by atoms with Crippen LogP contribution >= 0.6 is 0 Å². The van der Waals surface area contributed by atoms with Crippen LogP contribution in [0.5, 0.6) is 0 Å². The van der Waals surface area contributed by atoms with Crippen LogP contribution in [0.2, 0.25) is 0 Å². The number of imidazole rings is 1. The van der Waals surface area contributed by atoms with E-state index in [-0.39, 0.29) is 13.0 Å². The molecule has 1 fully saturated rings. The molecule has 1 aliphatic heterocycles. The Morgan fingerprint density at radius 1 is 0.974 bits per heavy atom. The number of hydrogen-bond donors (Lipinski definition) is 2. The largest absolute Gasteiger partial charge is 0.481 e. The van der Waals surface area contributed by atoms with Gasteiger partial charge in [0.2, 0.25) is 0 Å². The second kappa shape index (κ2) is 11.2. The summed E-state index contributed by atoms with van der Waals surface area (Å²) in [6.45, 7) is 3.39. The Morgan fingerprint density at radius 3 is 2.29 bits per heavy atom. The van der Waals surface area contributed by atoms with Crippen molar-refractivity contribution >= 4 is 46.5 Å². The standard InChI is InChI=1S/C24H25N5O9/c1-12(30)35-9-17-20(36-13(2)31)21(37-14(3)32)24(38-17)29-11-27-19-22(25-10-26-23(19)29)28-16-6-4-15(5-7-16)8-18(33)34/h4-7,10-11,17,20-21,24H,8-9H2,1-3H3,(H,33,34)(H,25,26,28). The number of esters is 3. The highest BCUT2D eigenvalue weighted by Crippen LogP contribution is 2.36. The van der Waals surface area contributed by atoms with Crippen LogP contribution in [0.1, 0.15) is 32.6 Å². The van der Waals surface area contributed by atoms with Gasteiger partial charge in [0, 0.05) is 26.5 Å². The Bertz CT molecular complexity index is 1360. The lowest BCUT2D eigenvalue weighted by molar-refractivity contribution is -0.166. The molecule has 0 amide bonds. The highest BCUT2D eigenvalue weighted by molar-refractivity contribution is 5.85. The van der Waals surface area contributed by atoms with Crippen molar-refractivity contribution in [2.75, 3.05) is 11.9 Å². The van der Waals surface area contributed by atoms with Crippen molar-refractivity contribution in [2.45, 2.75) is 51.7 Å². The van der Waals surface area contributed by atoms with Crippen LogP contribution < -0.4 is 5.32 Å². The Labute approximate surface area is 215 Å². The van der Waals surface area contributed by atoms with E-state index in [0.29, 0.717) is 28.2 Å². The Hall–Kier alpha value is -4.59. The molecule has 1 aromatic carbocycles. The monoisotopic (exact) mass is 527 g/mol. The molecule has 14 nitrogen and oxygen atoms in total. The molecule has 2 N–H and O–H groups in total. The number of aliphatic carboxylic acids is 1. The van der Waals surface area contributed by atoms with Crippen molar-refractivity contribution in [3.8, 4) is 0 Å². The number of anilines is 2. The summed E-state index contributed by atoms with van der Waals surface area (Å²) in [5.41, 5.74) is 1.96. The molecule has 0 spiro atoms. The highest BCUT2D eigenvalue weighted by atomic mass is 16.7. The van der Waals surface area contributed by atoms with Crippen LogP contribution in [-0.4, -0.2) is 73.4 Å². The maximum Gasteiger partial charge on any atom is 0.307 e. The van der Waals surface area contributed by atoms with E-state index in [2.05, 4.69) is 20.3 Å². The van der Waals surface area contributed by atoms with Crippen molar-refractivity contribution in [1.29, 1.82) is 0 Å². The van der Waals surface area contributed by atoms with Crippen molar-refractivity contribution < 1.29 is 43.2 Å². The van der Waals surface area contributed by atoms with Crippen LogP contribution in [0.4, 0.5) is 11.5 Å². The van der Waals surface area contributed by atoms with Gasteiger partial charge in [0.15, 0.2) is 35.4 Å². The average molecular weight is 527 g/mol. The van der Waals surface area contributed by atoms with Gasteiger partial charge in [0.1, 0.15) is 19.0 Å². The second-order valence-corrected chi connectivity index (χ2v) is 8.45. The zero-order valence-corrected chi connectivity index (χ0v) is 20.7. The topological polar surface area (TPSA) is 181 Å². The van der Waals surface area contributed by atoms with E-state index in [1.165, 1.54) is 38.0 Å². The van der Waals surface area contributed by atoms with Gasteiger partial charge in [-0.1, -0.05) is 12.1 Å². The number of carboxylic acid groups (broad SMARTS) is 1. The molecule has 0 bridgehead atoms. The molecule has 200 valence electrons. The van der Waals surface area contributed by atoms with E-state index in [9.17, 15) is 19.2 Å². The number of benzene rings is 1. The number of nitrogens with one attached hydrogen (secondary N) is 1. The third kappa shape index (κ3) is 6.03. The predicted octanol–water partition coefficient (Wildman–Crippen LogP) is 1.52. The summed E-state index contributed by atoms with van der Waals surface area (Å²) < 4.78 is 23.5. The van der Waals surface area contributed by atoms with Crippen LogP contribution in [-0.2, 0) is 44.5 Å². The molecule has 3 aromatic rings. The Morgan fingerprint density at radius 2 is 1.66 bits per heavy atom. The summed E-state index contributed by atoms with van der Waals surface area (Å²) in [5.74, 6) is -2.41. The van der Waals surface area contributed by atoms with E-state index in [1.54, 1.807) is 24.3 Å². The molecule has 0 radical (unpaired) electrons. The number of carboxylic acids is 1. The van der Waals surface area contributed by atoms with Crippen LogP contribution in [0, 0.1) is 0 Å². The molecule has 4 atom stereocenters. The molecule has 0 saturated carbocycles. The molecule has 3 heterocycles. The smallest absolute Gasteiger partial charge is 0.307 e. The van der Waals surface area contributed by atoms with Crippen LogP contribution in [0.25, 0.3) is 11.2 Å². The van der Waals surface area contributed by atoms with Gasteiger partial charge in [-0.3, -0.25) is 23.7 Å². The summed E-state index contributed by atoms with van der Waals surface area (Å²) in [4.78, 5) is 59.0. The lowest BCUT2D eigenvalue weighted by Crippen LogP contribution is -2.40.